The highest BCUT2D eigenvalue weighted by molar-refractivity contribution is 5.72. The van der Waals surface area contributed by atoms with Gasteiger partial charge in [-0.1, -0.05) is 30.3 Å². The van der Waals surface area contributed by atoms with Gasteiger partial charge in [-0.3, -0.25) is 9.78 Å². The van der Waals surface area contributed by atoms with E-state index in [0.717, 1.165) is 23.2 Å². The first-order valence-corrected chi connectivity index (χ1v) is 6.53. The van der Waals surface area contributed by atoms with Crippen molar-refractivity contribution in [3.8, 4) is 0 Å². The lowest BCUT2D eigenvalue weighted by atomic mass is 10.0. The average Bonchev–Trinajstić information content (AvgIpc) is 2.50. The normalized spacial score (nSPS) is 10.2. The number of ether oxygens (including phenoxy) is 1. The first-order chi connectivity index (χ1) is 9.79. The van der Waals surface area contributed by atoms with Gasteiger partial charge in [-0.05, 0) is 22.8 Å². The molecule has 0 aliphatic carbocycles. The van der Waals surface area contributed by atoms with Gasteiger partial charge in [0.25, 0.3) is 0 Å². The number of hydrogen-bond acceptors (Lipinski definition) is 4. The Morgan fingerprint density at radius 3 is 2.65 bits per heavy atom. The third-order valence-electron chi connectivity index (χ3n) is 3.05. The minimum absolute atomic E-state index is 0.218. The number of rotatable bonds is 6. The topological polar surface area (TPSA) is 51.2 Å². The first-order valence-electron chi connectivity index (χ1n) is 6.53. The summed E-state index contributed by atoms with van der Waals surface area (Å²) in [5.41, 5.74) is 3.25. The molecule has 2 aromatic rings. The van der Waals surface area contributed by atoms with E-state index in [-0.39, 0.29) is 5.97 Å². The van der Waals surface area contributed by atoms with E-state index in [9.17, 15) is 4.79 Å². The van der Waals surface area contributed by atoms with Crippen molar-refractivity contribution in [3.63, 3.8) is 0 Å². The fraction of sp³-hybridized carbons (Fsp3) is 0.250. The van der Waals surface area contributed by atoms with Gasteiger partial charge in [0, 0.05) is 25.5 Å². The molecule has 0 spiro atoms. The molecule has 4 nitrogen and oxygen atoms in total. The van der Waals surface area contributed by atoms with Crippen molar-refractivity contribution in [2.45, 2.75) is 19.5 Å². The van der Waals surface area contributed by atoms with Gasteiger partial charge in [-0.15, -0.1) is 0 Å². The highest BCUT2D eigenvalue weighted by Gasteiger charge is 2.07. The third kappa shape index (κ3) is 4.17. The number of methoxy groups -OCH3 is 1. The molecule has 2 rings (SSSR count). The minimum Gasteiger partial charge on any atom is -0.469 e. The van der Waals surface area contributed by atoms with E-state index in [1.165, 1.54) is 7.11 Å². The Kier molecular flexibility index (Phi) is 5.26. The molecule has 0 saturated heterocycles. The van der Waals surface area contributed by atoms with Crippen LogP contribution < -0.4 is 5.32 Å². The Morgan fingerprint density at radius 2 is 1.95 bits per heavy atom. The van der Waals surface area contributed by atoms with Gasteiger partial charge < -0.3 is 10.1 Å². The maximum absolute atomic E-state index is 11.4. The second kappa shape index (κ2) is 7.40. The number of aromatic nitrogens is 1. The number of benzene rings is 1. The molecule has 0 radical (unpaired) electrons. The van der Waals surface area contributed by atoms with Crippen molar-refractivity contribution >= 4 is 5.97 Å². The Balaban J connectivity index is 1.94. The predicted molar refractivity (Wildman–Crippen MR) is 76.9 cm³/mol. The van der Waals surface area contributed by atoms with E-state index in [2.05, 4.69) is 10.3 Å². The highest BCUT2D eigenvalue weighted by Crippen LogP contribution is 2.10. The number of hydrogen-bond donors (Lipinski definition) is 1. The second-order valence-electron chi connectivity index (χ2n) is 4.49. The average molecular weight is 270 g/mol. The number of carbonyl (C=O) groups is 1. The van der Waals surface area contributed by atoms with Crippen molar-refractivity contribution in [1.29, 1.82) is 0 Å². The van der Waals surface area contributed by atoms with Crippen molar-refractivity contribution in [2.75, 3.05) is 7.11 Å². The van der Waals surface area contributed by atoms with Crippen LogP contribution in [0.25, 0.3) is 0 Å². The molecule has 0 aliphatic heterocycles. The molecular formula is C16H18N2O2. The van der Waals surface area contributed by atoms with Crippen LogP contribution in [-0.2, 0) is 29.0 Å². The van der Waals surface area contributed by atoms with Gasteiger partial charge in [0.2, 0.25) is 0 Å². The van der Waals surface area contributed by atoms with Crippen LogP contribution >= 0.6 is 0 Å². The molecule has 1 aromatic carbocycles. The van der Waals surface area contributed by atoms with Crippen molar-refractivity contribution < 1.29 is 9.53 Å². The Bertz CT molecular complexity index is 555. The van der Waals surface area contributed by atoms with Crippen LogP contribution in [0, 0.1) is 0 Å². The van der Waals surface area contributed by atoms with Gasteiger partial charge in [-0.2, -0.15) is 0 Å². The van der Waals surface area contributed by atoms with E-state index in [1.807, 2.05) is 42.6 Å². The first kappa shape index (κ1) is 14.2. The van der Waals surface area contributed by atoms with Gasteiger partial charge >= 0.3 is 5.97 Å². The lowest BCUT2D eigenvalue weighted by Gasteiger charge is -2.10. The number of esters is 1. The Labute approximate surface area is 118 Å². The monoisotopic (exact) mass is 270 g/mol. The van der Waals surface area contributed by atoms with Crippen LogP contribution in [0.1, 0.15) is 16.7 Å². The van der Waals surface area contributed by atoms with Crippen LogP contribution in [-0.4, -0.2) is 18.1 Å². The zero-order chi connectivity index (χ0) is 14.2. The van der Waals surface area contributed by atoms with Gasteiger partial charge in [0.1, 0.15) is 0 Å². The van der Waals surface area contributed by atoms with Crippen LogP contribution in [0.5, 0.6) is 0 Å². The second-order valence-corrected chi connectivity index (χ2v) is 4.49. The molecule has 0 bridgehead atoms. The molecule has 1 heterocycles. The number of nitrogens with zero attached hydrogens (tertiary/aromatic N) is 1. The van der Waals surface area contributed by atoms with Crippen molar-refractivity contribution in [2.24, 2.45) is 0 Å². The zero-order valence-corrected chi connectivity index (χ0v) is 11.5. The summed E-state index contributed by atoms with van der Waals surface area (Å²) < 4.78 is 4.72. The Morgan fingerprint density at radius 1 is 1.15 bits per heavy atom. The maximum Gasteiger partial charge on any atom is 0.309 e. The van der Waals surface area contributed by atoms with Crippen molar-refractivity contribution in [3.05, 3.63) is 65.5 Å². The summed E-state index contributed by atoms with van der Waals surface area (Å²) in [6.45, 7) is 1.46. The summed E-state index contributed by atoms with van der Waals surface area (Å²) in [7, 11) is 1.41. The number of carbonyl (C=O) groups excluding carboxylic acids is 1. The largest absolute Gasteiger partial charge is 0.469 e. The molecule has 0 saturated carbocycles. The smallest absolute Gasteiger partial charge is 0.309 e. The predicted octanol–water partition coefficient (Wildman–Crippen LogP) is 2.09. The minimum atomic E-state index is -0.218. The number of nitrogens with one attached hydrogen (secondary N) is 1. The summed E-state index contributed by atoms with van der Waals surface area (Å²) in [5, 5.41) is 3.36. The molecule has 0 fully saturated rings. The van der Waals surface area contributed by atoms with E-state index in [4.69, 9.17) is 4.74 Å². The molecular weight excluding hydrogens is 252 g/mol. The van der Waals surface area contributed by atoms with E-state index < -0.39 is 0 Å². The lowest BCUT2D eigenvalue weighted by molar-refractivity contribution is -0.139. The van der Waals surface area contributed by atoms with Crippen LogP contribution in [0.4, 0.5) is 0 Å². The molecule has 1 N–H and O–H groups in total. The summed E-state index contributed by atoms with van der Waals surface area (Å²) in [5.74, 6) is -0.218. The highest BCUT2D eigenvalue weighted by atomic mass is 16.5. The molecule has 0 atom stereocenters. The Hall–Kier alpha value is -2.20. The van der Waals surface area contributed by atoms with Gasteiger partial charge in [0.05, 0.1) is 13.5 Å². The van der Waals surface area contributed by atoms with Gasteiger partial charge in [-0.25, -0.2) is 0 Å². The fourth-order valence-electron chi connectivity index (χ4n) is 1.97. The molecule has 4 heteroatoms. The summed E-state index contributed by atoms with van der Waals surface area (Å²) in [6.07, 6.45) is 3.91. The quantitative estimate of drug-likeness (QED) is 0.817. The summed E-state index contributed by atoms with van der Waals surface area (Å²) in [6, 6.07) is 11.8. The summed E-state index contributed by atoms with van der Waals surface area (Å²) in [4.78, 5) is 15.5. The molecule has 104 valence electrons. The fourth-order valence-corrected chi connectivity index (χ4v) is 1.97. The standard InChI is InChI=1S/C16H18N2O2/c1-20-16(19)9-14-6-2-3-7-15(14)12-18-11-13-5-4-8-17-10-13/h2-8,10,18H,9,11-12H2,1H3. The van der Waals surface area contributed by atoms with E-state index >= 15 is 0 Å². The summed E-state index contributed by atoms with van der Waals surface area (Å²) >= 11 is 0. The SMILES string of the molecule is COC(=O)Cc1ccccc1CNCc1cccnc1. The maximum atomic E-state index is 11.4. The molecule has 0 amide bonds. The van der Waals surface area contributed by atoms with Crippen molar-refractivity contribution in [1.82, 2.24) is 10.3 Å². The van der Waals surface area contributed by atoms with Crippen LogP contribution in [0.2, 0.25) is 0 Å². The number of pyridine rings is 1. The lowest BCUT2D eigenvalue weighted by Crippen LogP contribution is -2.15. The zero-order valence-electron chi connectivity index (χ0n) is 11.5. The van der Waals surface area contributed by atoms with E-state index in [0.29, 0.717) is 13.0 Å². The molecule has 1 aromatic heterocycles. The third-order valence-corrected chi connectivity index (χ3v) is 3.05. The molecule has 0 unspecified atom stereocenters. The van der Waals surface area contributed by atoms with E-state index in [1.54, 1.807) is 6.20 Å². The van der Waals surface area contributed by atoms with Crippen LogP contribution in [0.15, 0.2) is 48.8 Å². The van der Waals surface area contributed by atoms with Gasteiger partial charge in [0.15, 0.2) is 0 Å². The molecule has 0 aliphatic rings. The van der Waals surface area contributed by atoms with Crippen LogP contribution in [0.3, 0.4) is 0 Å². The molecule has 20 heavy (non-hydrogen) atoms.